The van der Waals surface area contributed by atoms with Crippen LogP contribution in [0.25, 0.3) is 0 Å². The largest absolute Gasteiger partial charge is 0.296 e. The molecule has 3 aliphatic rings. The summed E-state index contributed by atoms with van der Waals surface area (Å²) >= 11 is 0. The summed E-state index contributed by atoms with van der Waals surface area (Å²) in [6, 6.07) is 6.77. The van der Waals surface area contributed by atoms with Gasteiger partial charge >= 0.3 is 0 Å². The van der Waals surface area contributed by atoms with Crippen molar-refractivity contribution in [3.05, 3.63) is 42.0 Å². The molecular weight excluding hydrogens is 296 g/mol. The molecule has 0 N–H and O–H groups in total. The molecule has 3 nitrogen and oxygen atoms in total. The zero-order valence-electron chi connectivity index (χ0n) is 13.5. The normalized spacial score (nSPS) is 30.0. The van der Waals surface area contributed by atoms with Crippen molar-refractivity contribution in [3.8, 4) is 0 Å². The van der Waals surface area contributed by atoms with E-state index in [4.69, 9.17) is 4.18 Å². The van der Waals surface area contributed by atoms with Crippen molar-refractivity contribution in [2.45, 2.75) is 38.5 Å². The fraction of sp³-hybridized carbons (Fsp3) is 0.556. The molecule has 1 aromatic carbocycles. The zero-order valence-corrected chi connectivity index (χ0v) is 14.3. The molecule has 4 rings (SSSR count). The summed E-state index contributed by atoms with van der Waals surface area (Å²) in [7, 11) is -3.67. The predicted molar refractivity (Wildman–Crippen MR) is 86.9 cm³/mol. The molecule has 3 atom stereocenters. The van der Waals surface area contributed by atoms with E-state index in [9.17, 15) is 8.42 Å². The van der Waals surface area contributed by atoms with Gasteiger partial charge in [-0.1, -0.05) is 43.7 Å². The lowest BCUT2D eigenvalue weighted by molar-refractivity contribution is -0.0526. The molecule has 1 aromatic rings. The summed E-state index contributed by atoms with van der Waals surface area (Å²) in [5.41, 5.74) is 2.53. The second-order valence-electron chi connectivity index (χ2n) is 7.37. The van der Waals surface area contributed by atoms with Gasteiger partial charge in [0, 0.05) is 5.92 Å². The predicted octanol–water partition coefficient (Wildman–Crippen LogP) is 3.94. The number of rotatable bonds is 4. The third kappa shape index (κ3) is 2.52. The first-order valence-electron chi connectivity index (χ1n) is 7.86. The maximum absolute atomic E-state index is 12.3. The van der Waals surface area contributed by atoms with Crippen LogP contribution in [-0.2, 0) is 14.3 Å². The minimum Gasteiger partial charge on any atom is -0.266 e. The summed E-state index contributed by atoms with van der Waals surface area (Å²) in [6.45, 7) is 10.9. The van der Waals surface area contributed by atoms with E-state index >= 15 is 0 Å². The molecule has 120 valence electrons. The molecule has 3 saturated carbocycles. The van der Waals surface area contributed by atoms with Crippen molar-refractivity contribution >= 4 is 10.1 Å². The summed E-state index contributed by atoms with van der Waals surface area (Å²) in [5, 5.41) is 0. The molecule has 0 radical (unpaired) electrons. The lowest BCUT2D eigenvalue weighted by atomic mass is 9.45. The Kier molecular flexibility index (Phi) is 3.73. The molecule has 3 aliphatic carbocycles. The molecule has 3 fully saturated rings. The van der Waals surface area contributed by atoms with E-state index in [1.54, 1.807) is 24.3 Å². The molecule has 4 heteroatoms. The van der Waals surface area contributed by atoms with Gasteiger partial charge in [0.05, 0.1) is 11.5 Å². The van der Waals surface area contributed by atoms with E-state index < -0.39 is 10.1 Å². The fourth-order valence-corrected chi connectivity index (χ4v) is 4.89. The fourth-order valence-electron chi connectivity index (χ4n) is 3.94. The van der Waals surface area contributed by atoms with Gasteiger partial charge in [0.15, 0.2) is 0 Å². The lowest BCUT2D eigenvalue weighted by Crippen LogP contribution is -2.52. The SMILES string of the molecule is C=C1[C@@H](COS(=O)(=O)c2ccc(C)cc2)C[C@@H]2C[C@@H]1C2(C)C. The molecule has 0 amide bonds. The minimum atomic E-state index is -3.67. The van der Waals surface area contributed by atoms with E-state index in [0.29, 0.717) is 17.3 Å². The van der Waals surface area contributed by atoms with Gasteiger partial charge in [-0.3, -0.25) is 4.18 Å². The molecule has 0 heterocycles. The topological polar surface area (TPSA) is 43.4 Å². The molecule has 0 spiro atoms. The Balaban J connectivity index is 1.66. The van der Waals surface area contributed by atoms with Crippen LogP contribution in [0, 0.1) is 30.1 Å². The third-order valence-corrected chi connectivity index (χ3v) is 7.04. The van der Waals surface area contributed by atoms with Crippen molar-refractivity contribution in [2.75, 3.05) is 6.61 Å². The Morgan fingerprint density at radius 2 is 1.86 bits per heavy atom. The van der Waals surface area contributed by atoms with E-state index in [2.05, 4.69) is 20.4 Å². The van der Waals surface area contributed by atoms with Gasteiger partial charge in [-0.2, -0.15) is 8.42 Å². The van der Waals surface area contributed by atoms with Gasteiger partial charge in [-0.25, -0.2) is 0 Å². The summed E-state index contributed by atoms with van der Waals surface area (Å²) in [4.78, 5) is 0.227. The van der Waals surface area contributed by atoms with Crippen molar-refractivity contribution < 1.29 is 12.6 Å². The van der Waals surface area contributed by atoms with Gasteiger partial charge in [0.1, 0.15) is 0 Å². The molecule has 0 saturated heterocycles. The van der Waals surface area contributed by atoms with Gasteiger partial charge in [-0.05, 0) is 49.1 Å². The first-order valence-corrected chi connectivity index (χ1v) is 9.27. The molecule has 0 aliphatic heterocycles. The van der Waals surface area contributed by atoms with E-state index in [1.165, 1.54) is 12.0 Å². The van der Waals surface area contributed by atoms with Crippen LogP contribution in [0.2, 0.25) is 0 Å². The van der Waals surface area contributed by atoms with Gasteiger partial charge < -0.3 is 0 Å². The monoisotopic (exact) mass is 320 g/mol. The van der Waals surface area contributed by atoms with Crippen LogP contribution in [-0.4, -0.2) is 15.0 Å². The van der Waals surface area contributed by atoms with Gasteiger partial charge in [-0.15, -0.1) is 0 Å². The highest BCUT2D eigenvalue weighted by Crippen LogP contribution is 2.62. The third-order valence-electron chi connectivity index (χ3n) is 5.75. The average molecular weight is 320 g/mol. The van der Waals surface area contributed by atoms with Crippen LogP contribution in [0.4, 0.5) is 0 Å². The van der Waals surface area contributed by atoms with Gasteiger partial charge in [0.2, 0.25) is 0 Å². The Labute approximate surface area is 133 Å². The average Bonchev–Trinajstić information content (AvgIpc) is 2.46. The van der Waals surface area contributed by atoms with Crippen LogP contribution < -0.4 is 0 Å². The second kappa shape index (κ2) is 5.20. The summed E-state index contributed by atoms with van der Waals surface area (Å²) in [5.74, 6) is 1.35. The number of hydrogen-bond acceptors (Lipinski definition) is 3. The van der Waals surface area contributed by atoms with Gasteiger partial charge in [0.25, 0.3) is 10.1 Å². The Morgan fingerprint density at radius 1 is 1.23 bits per heavy atom. The van der Waals surface area contributed by atoms with Crippen molar-refractivity contribution in [2.24, 2.45) is 23.2 Å². The zero-order chi connectivity index (χ0) is 16.1. The Morgan fingerprint density at radius 3 is 2.41 bits per heavy atom. The van der Waals surface area contributed by atoms with E-state index in [0.717, 1.165) is 12.0 Å². The standard InChI is InChI=1S/C18H24O3S/c1-12-5-7-16(8-6-12)22(19,20)21-11-14-9-15-10-17(13(14)2)18(15,3)4/h5-8,14-15,17H,2,9-11H2,1,3-4H3/t14-,15-,17+/m1/s1. The number of benzene rings is 1. The van der Waals surface area contributed by atoms with E-state index in [-0.39, 0.29) is 17.4 Å². The maximum atomic E-state index is 12.3. The smallest absolute Gasteiger partial charge is 0.266 e. The van der Waals surface area contributed by atoms with Crippen LogP contribution in [0.5, 0.6) is 0 Å². The lowest BCUT2D eigenvalue weighted by Gasteiger charge is -2.60. The minimum absolute atomic E-state index is 0.164. The van der Waals surface area contributed by atoms with Crippen LogP contribution in [0.3, 0.4) is 0 Å². The molecule has 0 aromatic heterocycles. The first kappa shape index (κ1) is 15.8. The molecule has 22 heavy (non-hydrogen) atoms. The van der Waals surface area contributed by atoms with Crippen LogP contribution >= 0.6 is 0 Å². The highest BCUT2D eigenvalue weighted by molar-refractivity contribution is 7.86. The second-order valence-corrected chi connectivity index (χ2v) is 8.98. The Bertz CT molecular complexity index is 686. The summed E-state index contributed by atoms with van der Waals surface area (Å²) in [6.07, 6.45) is 2.19. The van der Waals surface area contributed by atoms with E-state index in [1.807, 2.05) is 6.92 Å². The summed E-state index contributed by atoms with van der Waals surface area (Å²) < 4.78 is 29.8. The van der Waals surface area contributed by atoms with Crippen molar-refractivity contribution in [1.29, 1.82) is 0 Å². The molecular formula is C18H24O3S. The molecule has 0 unspecified atom stereocenters. The maximum Gasteiger partial charge on any atom is 0.296 e. The number of aryl methyl sites for hydroxylation is 1. The quantitative estimate of drug-likeness (QED) is 0.623. The van der Waals surface area contributed by atoms with Crippen LogP contribution in [0.15, 0.2) is 41.3 Å². The number of fused-ring (bicyclic) bond motifs is 2. The number of hydrogen-bond donors (Lipinski definition) is 0. The van der Waals surface area contributed by atoms with Crippen molar-refractivity contribution in [1.82, 2.24) is 0 Å². The van der Waals surface area contributed by atoms with Crippen LogP contribution in [0.1, 0.15) is 32.3 Å². The highest BCUT2D eigenvalue weighted by atomic mass is 32.2. The highest BCUT2D eigenvalue weighted by Gasteiger charge is 2.54. The Hall–Kier alpha value is -1.13. The first-order chi connectivity index (χ1) is 10.2. The van der Waals surface area contributed by atoms with Crippen molar-refractivity contribution in [3.63, 3.8) is 0 Å². The molecule has 2 bridgehead atoms.